The van der Waals surface area contributed by atoms with E-state index in [9.17, 15) is 9.18 Å². The summed E-state index contributed by atoms with van der Waals surface area (Å²) >= 11 is 0. The molecule has 0 saturated carbocycles. The van der Waals surface area contributed by atoms with Crippen molar-refractivity contribution in [2.45, 2.75) is 65.1 Å². The zero-order valence-corrected chi connectivity index (χ0v) is 11.9. The number of ether oxygens (including phenoxy) is 4. The van der Waals surface area contributed by atoms with Gasteiger partial charge in [0.1, 0.15) is 24.9 Å². The van der Waals surface area contributed by atoms with Gasteiger partial charge in [-0.25, -0.2) is 4.39 Å². The van der Waals surface area contributed by atoms with Gasteiger partial charge in [0.05, 0.1) is 5.41 Å². The molecule has 0 unspecified atom stereocenters. The molecule has 2 rings (SSSR count). The van der Waals surface area contributed by atoms with Gasteiger partial charge in [-0.15, -0.1) is 0 Å². The summed E-state index contributed by atoms with van der Waals surface area (Å²) in [4.78, 5) is 11.7. The van der Waals surface area contributed by atoms with Crippen molar-refractivity contribution in [3.8, 4) is 0 Å². The molecule has 4 atom stereocenters. The van der Waals surface area contributed by atoms with Gasteiger partial charge < -0.3 is 18.9 Å². The topological polar surface area (TPSA) is 54.0 Å². The first-order chi connectivity index (χ1) is 8.60. The Morgan fingerprint density at radius 3 is 2.42 bits per heavy atom. The van der Waals surface area contributed by atoms with E-state index in [0.29, 0.717) is 0 Å². The third kappa shape index (κ3) is 3.07. The van der Waals surface area contributed by atoms with Gasteiger partial charge in [0, 0.05) is 0 Å². The van der Waals surface area contributed by atoms with Crippen LogP contribution < -0.4 is 0 Å². The Kier molecular flexibility index (Phi) is 3.62. The second-order valence-corrected chi connectivity index (χ2v) is 6.44. The van der Waals surface area contributed by atoms with Crippen LogP contribution in [0.3, 0.4) is 0 Å². The Labute approximate surface area is 112 Å². The van der Waals surface area contributed by atoms with Crippen LogP contribution in [-0.2, 0) is 23.7 Å². The monoisotopic (exact) mass is 276 g/mol. The van der Waals surface area contributed by atoms with Gasteiger partial charge in [-0.05, 0) is 34.6 Å². The predicted octanol–water partition coefficient (Wildman–Crippen LogP) is 1.79. The van der Waals surface area contributed by atoms with Crippen molar-refractivity contribution < 1.29 is 28.1 Å². The van der Waals surface area contributed by atoms with E-state index in [1.165, 1.54) is 0 Å². The minimum Gasteiger partial charge on any atom is -0.462 e. The van der Waals surface area contributed by atoms with Crippen molar-refractivity contribution >= 4 is 5.97 Å². The number of esters is 1. The summed E-state index contributed by atoms with van der Waals surface area (Å²) in [7, 11) is 0. The number of carbonyl (C=O) groups is 1. The van der Waals surface area contributed by atoms with Crippen molar-refractivity contribution in [2.75, 3.05) is 6.61 Å². The summed E-state index contributed by atoms with van der Waals surface area (Å²) in [5, 5.41) is 0. The fourth-order valence-corrected chi connectivity index (χ4v) is 2.14. The zero-order chi connectivity index (χ0) is 14.4. The van der Waals surface area contributed by atoms with Gasteiger partial charge in [0.2, 0.25) is 6.36 Å². The Morgan fingerprint density at radius 1 is 1.26 bits per heavy atom. The Morgan fingerprint density at radius 2 is 1.84 bits per heavy atom. The van der Waals surface area contributed by atoms with Gasteiger partial charge in [0.15, 0.2) is 5.79 Å². The molecule has 0 amide bonds. The van der Waals surface area contributed by atoms with Gasteiger partial charge in [-0.2, -0.15) is 0 Å². The van der Waals surface area contributed by atoms with Crippen LogP contribution in [0.2, 0.25) is 0 Å². The highest BCUT2D eigenvalue weighted by Gasteiger charge is 2.56. The Bertz CT molecular complexity index is 363. The van der Waals surface area contributed by atoms with E-state index in [0.717, 1.165) is 0 Å². The maximum absolute atomic E-state index is 13.7. The van der Waals surface area contributed by atoms with E-state index in [-0.39, 0.29) is 12.6 Å². The molecule has 2 saturated heterocycles. The van der Waals surface area contributed by atoms with Crippen molar-refractivity contribution in [3.63, 3.8) is 0 Å². The van der Waals surface area contributed by atoms with Crippen molar-refractivity contribution in [1.29, 1.82) is 0 Å². The number of hydrogen-bond donors (Lipinski definition) is 0. The molecule has 0 N–H and O–H groups in total. The van der Waals surface area contributed by atoms with E-state index in [1.807, 2.05) is 0 Å². The average Bonchev–Trinajstić information content (AvgIpc) is 2.70. The maximum Gasteiger partial charge on any atom is 0.311 e. The van der Waals surface area contributed by atoms with Crippen molar-refractivity contribution in [1.82, 2.24) is 0 Å². The van der Waals surface area contributed by atoms with E-state index < -0.39 is 35.9 Å². The van der Waals surface area contributed by atoms with E-state index in [4.69, 9.17) is 18.9 Å². The smallest absolute Gasteiger partial charge is 0.311 e. The Balaban J connectivity index is 1.94. The molecule has 2 aliphatic rings. The van der Waals surface area contributed by atoms with Crippen molar-refractivity contribution in [3.05, 3.63) is 0 Å². The lowest BCUT2D eigenvalue weighted by molar-refractivity contribution is -0.210. The van der Waals surface area contributed by atoms with Gasteiger partial charge in [-0.1, -0.05) is 0 Å². The number of carbonyl (C=O) groups excluding carboxylic acids is 1. The molecule has 2 aliphatic heterocycles. The number of alkyl halides is 1. The molecule has 0 spiro atoms. The third-order valence-corrected chi connectivity index (χ3v) is 3.08. The molecular weight excluding hydrogens is 255 g/mol. The molecule has 2 fully saturated rings. The van der Waals surface area contributed by atoms with Crippen LogP contribution in [0.5, 0.6) is 0 Å². The molecule has 19 heavy (non-hydrogen) atoms. The lowest BCUT2D eigenvalue weighted by atomic mass is 9.97. The number of halogens is 1. The van der Waals surface area contributed by atoms with Gasteiger partial charge in [-0.3, -0.25) is 4.79 Å². The maximum atomic E-state index is 13.7. The number of hydrogen-bond acceptors (Lipinski definition) is 5. The number of rotatable bonds is 2. The molecule has 0 aromatic heterocycles. The molecule has 0 bridgehead atoms. The molecule has 0 aromatic rings. The van der Waals surface area contributed by atoms with Crippen LogP contribution in [0.4, 0.5) is 4.39 Å². The first-order valence-corrected chi connectivity index (χ1v) is 6.42. The predicted molar refractivity (Wildman–Crippen MR) is 64.0 cm³/mol. The molecule has 5 nitrogen and oxygen atoms in total. The average molecular weight is 276 g/mol. The highest BCUT2D eigenvalue weighted by Crippen LogP contribution is 2.39. The second-order valence-electron chi connectivity index (χ2n) is 6.44. The fourth-order valence-electron chi connectivity index (χ4n) is 2.14. The molecule has 0 aromatic carbocycles. The zero-order valence-electron chi connectivity index (χ0n) is 11.9. The molecule has 6 heteroatoms. The molecule has 110 valence electrons. The first-order valence-electron chi connectivity index (χ1n) is 6.42. The van der Waals surface area contributed by atoms with Crippen LogP contribution in [0.15, 0.2) is 0 Å². The highest BCUT2D eigenvalue weighted by atomic mass is 19.1. The minimum absolute atomic E-state index is 0.0306. The molecule has 2 heterocycles. The minimum atomic E-state index is -1.55. The first kappa shape index (κ1) is 14.7. The summed E-state index contributed by atoms with van der Waals surface area (Å²) in [6, 6.07) is 0. The van der Waals surface area contributed by atoms with Crippen LogP contribution in [0, 0.1) is 5.41 Å². The molecule has 0 radical (unpaired) electrons. The van der Waals surface area contributed by atoms with Gasteiger partial charge >= 0.3 is 5.97 Å². The molecule has 0 aliphatic carbocycles. The van der Waals surface area contributed by atoms with Gasteiger partial charge in [0.25, 0.3) is 0 Å². The standard InChI is InChI=1S/C13H21FO5/c1-12(2,3)11(15)16-6-7-8-9(10(14)17-7)19-13(4,5)18-8/h7-10H,6H2,1-5H3/t7-,8-,9-,10+/m1/s1. The summed E-state index contributed by atoms with van der Waals surface area (Å²) in [6.45, 7) is 8.67. The third-order valence-electron chi connectivity index (χ3n) is 3.08. The lowest BCUT2D eigenvalue weighted by Gasteiger charge is -2.23. The quantitative estimate of drug-likeness (QED) is 0.720. The fraction of sp³-hybridized carbons (Fsp3) is 0.923. The van der Waals surface area contributed by atoms with E-state index >= 15 is 0 Å². The second kappa shape index (κ2) is 4.68. The summed E-state index contributed by atoms with van der Waals surface area (Å²) in [6.07, 6.45) is -3.48. The summed E-state index contributed by atoms with van der Waals surface area (Å²) in [5.41, 5.74) is -0.598. The van der Waals surface area contributed by atoms with Crippen molar-refractivity contribution in [2.24, 2.45) is 5.41 Å². The summed E-state index contributed by atoms with van der Waals surface area (Å²) in [5.74, 6) is -1.19. The Hall–Kier alpha value is -0.720. The van der Waals surface area contributed by atoms with Crippen LogP contribution in [-0.4, -0.2) is 43.0 Å². The SMILES string of the molecule is CC1(C)O[C@@H]2[C@H](O1)[C@@H](COC(=O)C(C)(C)C)O[C@@H]2F. The summed E-state index contributed by atoms with van der Waals surface area (Å²) < 4.78 is 34.9. The van der Waals surface area contributed by atoms with E-state index in [2.05, 4.69) is 0 Å². The van der Waals surface area contributed by atoms with Crippen LogP contribution in [0.25, 0.3) is 0 Å². The van der Waals surface area contributed by atoms with Crippen LogP contribution >= 0.6 is 0 Å². The number of fused-ring (bicyclic) bond motifs is 1. The molecular formula is C13H21FO5. The lowest BCUT2D eigenvalue weighted by Crippen LogP contribution is -2.35. The highest BCUT2D eigenvalue weighted by molar-refractivity contribution is 5.75. The van der Waals surface area contributed by atoms with E-state index in [1.54, 1.807) is 34.6 Å². The largest absolute Gasteiger partial charge is 0.462 e. The normalized spacial score (nSPS) is 37.2. The van der Waals surface area contributed by atoms with Crippen LogP contribution in [0.1, 0.15) is 34.6 Å².